The largest absolute Gasteiger partial charge is 0.411 e. The van der Waals surface area contributed by atoms with Gasteiger partial charge in [-0.15, -0.1) is 0 Å². The first-order chi connectivity index (χ1) is 8.38. The predicted molar refractivity (Wildman–Crippen MR) is 65.3 cm³/mol. The van der Waals surface area contributed by atoms with Gasteiger partial charge in [0.15, 0.2) is 6.21 Å². The average molecular weight is 255 g/mol. The molecule has 0 unspecified atom stereocenters. The summed E-state index contributed by atoms with van der Waals surface area (Å²) in [7, 11) is 1.84. The second-order valence-electron chi connectivity index (χ2n) is 4.88. The van der Waals surface area contributed by atoms with Crippen LogP contribution in [0.5, 0.6) is 0 Å². The van der Waals surface area contributed by atoms with E-state index in [1.54, 1.807) is 13.8 Å². The van der Waals surface area contributed by atoms with Gasteiger partial charge < -0.3 is 5.21 Å². The average Bonchev–Trinajstić information content (AvgIpc) is 2.61. The molecule has 7 heteroatoms. The number of oxime groups is 1. The van der Waals surface area contributed by atoms with E-state index in [4.69, 9.17) is 5.21 Å². The van der Waals surface area contributed by atoms with Crippen LogP contribution in [0.25, 0.3) is 0 Å². The maximum atomic E-state index is 10.8. The number of hydrogen-bond donors (Lipinski definition) is 1. The zero-order valence-electron chi connectivity index (χ0n) is 10.9. The molecule has 100 valence electrons. The Kier molecular flexibility index (Phi) is 4.41. The van der Waals surface area contributed by atoms with E-state index in [0.29, 0.717) is 19.4 Å². The first-order valence-corrected chi connectivity index (χ1v) is 5.75. The molecule has 0 atom stereocenters. The number of aryl methyl sites for hydroxylation is 2. The van der Waals surface area contributed by atoms with Gasteiger partial charge in [-0.3, -0.25) is 10.1 Å². The Bertz CT molecular complexity index is 451. The fourth-order valence-electron chi connectivity index (χ4n) is 1.72. The van der Waals surface area contributed by atoms with Gasteiger partial charge in [0.25, 0.3) is 0 Å². The van der Waals surface area contributed by atoms with Gasteiger partial charge in [-0.05, 0) is 6.42 Å². The highest BCUT2D eigenvalue weighted by Gasteiger charge is 2.30. The van der Waals surface area contributed by atoms with E-state index in [-0.39, 0.29) is 4.92 Å². The molecule has 1 aromatic rings. The lowest BCUT2D eigenvalue weighted by atomic mass is 10.00. The van der Waals surface area contributed by atoms with Crippen LogP contribution in [0.4, 0.5) is 0 Å². The minimum atomic E-state index is -0.902. The van der Waals surface area contributed by atoms with Crippen molar-refractivity contribution < 1.29 is 14.7 Å². The standard InChI is InChI=1S/C11H18N4O3/c1-11(2,15(17)18)5-4-6-14-8-7-13(3)10(14)9-12-16/h7-9H,4-6H2,1-3H3/p+1. The maximum Gasteiger partial charge on any atom is 0.303 e. The molecule has 0 radical (unpaired) electrons. The predicted octanol–water partition coefficient (Wildman–Crippen LogP) is 0.956. The van der Waals surface area contributed by atoms with Crippen molar-refractivity contribution in [2.24, 2.45) is 12.2 Å². The van der Waals surface area contributed by atoms with Gasteiger partial charge in [-0.2, -0.15) is 0 Å². The molecule has 0 spiro atoms. The molecular weight excluding hydrogens is 236 g/mol. The summed E-state index contributed by atoms with van der Waals surface area (Å²) >= 11 is 0. The highest BCUT2D eigenvalue weighted by molar-refractivity contribution is 5.72. The van der Waals surface area contributed by atoms with E-state index >= 15 is 0 Å². The lowest BCUT2D eigenvalue weighted by molar-refractivity contribution is -0.671. The van der Waals surface area contributed by atoms with Crippen LogP contribution >= 0.6 is 0 Å². The third-order valence-electron chi connectivity index (χ3n) is 2.98. The van der Waals surface area contributed by atoms with E-state index < -0.39 is 5.54 Å². The van der Waals surface area contributed by atoms with E-state index in [9.17, 15) is 10.1 Å². The summed E-state index contributed by atoms with van der Waals surface area (Å²) in [5.74, 6) is 0.747. The van der Waals surface area contributed by atoms with Crippen LogP contribution < -0.4 is 4.57 Å². The van der Waals surface area contributed by atoms with Crippen molar-refractivity contribution in [1.82, 2.24) is 4.57 Å². The van der Waals surface area contributed by atoms with E-state index in [1.807, 2.05) is 28.6 Å². The van der Waals surface area contributed by atoms with Gasteiger partial charge in [-0.1, -0.05) is 5.16 Å². The van der Waals surface area contributed by atoms with Crippen molar-refractivity contribution in [2.45, 2.75) is 38.8 Å². The Morgan fingerprint density at radius 1 is 1.67 bits per heavy atom. The topological polar surface area (TPSA) is 84.5 Å². The lowest BCUT2D eigenvalue weighted by Gasteiger charge is -2.14. The summed E-state index contributed by atoms with van der Waals surface area (Å²) < 4.78 is 3.72. The second kappa shape index (κ2) is 5.61. The third-order valence-corrected chi connectivity index (χ3v) is 2.98. The molecule has 0 saturated heterocycles. The molecule has 1 heterocycles. The molecule has 0 fully saturated rings. The molecule has 0 amide bonds. The van der Waals surface area contributed by atoms with Crippen molar-refractivity contribution in [3.8, 4) is 0 Å². The number of nitro groups is 1. The highest BCUT2D eigenvalue weighted by atomic mass is 16.6. The number of imidazole rings is 1. The maximum absolute atomic E-state index is 10.8. The summed E-state index contributed by atoms with van der Waals surface area (Å²) in [6.45, 7) is 3.90. The molecule has 0 aliphatic rings. The molecule has 0 saturated carbocycles. The van der Waals surface area contributed by atoms with Crippen molar-refractivity contribution >= 4 is 6.21 Å². The summed E-state index contributed by atoms with van der Waals surface area (Å²) in [5.41, 5.74) is -0.902. The number of aromatic nitrogens is 2. The van der Waals surface area contributed by atoms with Crippen molar-refractivity contribution in [1.29, 1.82) is 0 Å². The van der Waals surface area contributed by atoms with Crippen LogP contribution in [0.3, 0.4) is 0 Å². The summed E-state index contributed by atoms with van der Waals surface area (Å²) in [6.07, 6.45) is 6.23. The highest BCUT2D eigenvalue weighted by Crippen LogP contribution is 2.16. The third kappa shape index (κ3) is 3.28. The van der Waals surface area contributed by atoms with Crippen LogP contribution in [0.15, 0.2) is 17.5 Å². The molecule has 0 bridgehead atoms. The SMILES string of the molecule is C[n+]1ccn(CCCC(C)(C)[N+](=O)[O-])c1/C=N/O. The Hall–Kier alpha value is -1.92. The fourth-order valence-corrected chi connectivity index (χ4v) is 1.72. The fraction of sp³-hybridized carbons (Fsp3) is 0.636. The van der Waals surface area contributed by atoms with E-state index in [0.717, 1.165) is 5.82 Å². The summed E-state index contributed by atoms with van der Waals surface area (Å²) in [4.78, 5) is 10.5. The number of rotatable bonds is 6. The Morgan fingerprint density at radius 3 is 2.89 bits per heavy atom. The molecule has 0 aromatic carbocycles. The molecule has 1 rings (SSSR count). The van der Waals surface area contributed by atoms with Crippen LogP contribution in [0.1, 0.15) is 32.5 Å². The Balaban J connectivity index is 2.62. The van der Waals surface area contributed by atoms with Gasteiger partial charge >= 0.3 is 5.82 Å². The molecule has 18 heavy (non-hydrogen) atoms. The first-order valence-electron chi connectivity index (χ1n) is 5.75. The monoisotopic (exact) mass is 255 g/mol. The smallest absolute Gasteiger partial charge is 0.303 e. The van der Waals surface area contributed by atoms with Gasteiger partial charge in [0.1, 0.15) is 12.4 Å². The molecule has 7 nitrogen and oxygen atoms in total. The number of hydrogen-bond acceptors (Lipinski definition) is 4. The molecule has 0 aliphatic heterocycles. The normalized spacial score (nSPS) is 12.2. The van der Waals surface area contributed by atoms with E-state index in [2.05, 4.69) is 5.16 Å². The minimum absolute atomic E-state index is 0.251. The van der Waals surface area contributed by atoms with Crippen LogP contribution in [-0.4, -0.2) is 26.5 Å². The van der Waals surface area contributed by atoms with Crippen LogP contribution in [0, 0.1) is 10.1 Å². The molecule has 1 aromatic heterocycles. The number of nitrogens with zero attached hydrogens (tertiary/aromatic N) is 4. The second-order valence-corrected chi connectivity index (χ2v) is 4.88. The van der Waals surface area contributed by atoms with Crippen LogP contribution in [-0.2, 0) is 13.6 Å². The Morgan fingerprint density at radius 2 is 2.33 bits per heavy atom. The molecular formula is C11H19N4O3+. The van der Waals surface area contributed by atoms with Gasteiger partial charge in [0.05, 0.1) is 13.6 Å². The zero-order chi connectivity index (χ0) is 13.8. The first kappa shape index (κ1) is 14.1. The summed E-state index contributed by atoms with van der Waals surface area (Å²) in [6, 6.07) is 0. The zero-order valence-corrected chi connectivity index (χ0v) is 10.9. The van der Waals surface area contributed by atoms with Crippen molar-refractivity contribution in [3.05, 3.63) is 28.3 Å². The Labute approximate surface area is 105 Å². The van der Waals surface area contributed by atoms with Gasteiger partial charge in [0.2, 0.25) is 5.54 Å². The minimum Gasteiger partial charge on any atom is -0.411 e. The van der Waals surface area contributed by atoms with Gasteiger partial charge in [0, 0.05) is 25.2 Å². The van der Waals surface area contributed by atoms with Crippen molar-refractivity contribution in [2.75, 3.05) is 0 Å². The summed E-state index contributed by atoms with van der Waals surface area (Å²) in [5, 5.41) is 22.4. The van der Waals surface area contributed by atoms with Crippen molar-refractivity contribution in [3.63, 3.8) is 0 Å². The van der Waals surface area contributed by atoms with E-state index in [1.165, 1.54) is 6.21 Å². The van der Waals surface area contributed by atoms with Gasteiger partial charge in [-0.25, -0.2) is 9.13 Å². The molecule has 0 aliphatic carbocycles. The molecule has 1 N–H and O–H groups in total. The van der Waals surface area contributed by atoms with Crippen LogP contribution in [0.2, 0.25) is 0 Å². The quantitative estimate of drug-likeness (QED) is 0.270. The lowest BCUT2D eigenvalue weighted by Crippen LogP contribution is -2.33.